The minimum Gasteiger partial charge on any atom is -0.386 e. The van der Waals surface area contributed by atoms with Crippen LogP contribution in [0.4, 0.5) is 18.9 Å². The summed E-state index contributed by atoms with van der Waals surface area (Å²) in [5, 5.41) is 18.8. The summed E-state index contributed by atoms with van der Waals surface area (Å²) in [6.07, 6.45) is 1.63. The number of carbonyl (C=O) groups excluding carboxylic acids is 1. The predicted octanol–water partition coefficient (Wildman–Crippen LogP) is 5.68. The first-order valence-corrected chi connectivity index (χ1v) is 11.0. The van der Waals surface area contributed by atoms with Crippen molar-refractivity contribution in [1.82, 2.24) is 14.8 Å². The minimum absolute atomic E-state index is 0.298. The fourth-order valence-electron chi connectivity index (χ4n) is 4.30. The van der Waals surface area contributed by atoms with E-state index in [0.717, 1.165) is 43.2 Å². The highest BCUT2D eigenvalue weighted by atomic mass is 19.4. The zero-order chi connectivity index (χ0) is 24.0. The van der Waals surface area contributed by atoms with Crippen LogP contribution in [0, 0.1) is 5.92 Å². The molecule has 0 bridgehead atoms. The van der Waals surface area contributed by atoms with Crippen molar-refractivity contribution in [3.05, 3.63) is 53.5 Å². The molecule has 2 aromatic heterocycles. The Kier molecular flexibility index (Phi) is 5.94. The van der Waals surface area contributed by atoms with E-state index in [0.29, 0.717) is 28.7 Å². The predicted molar refractivity (Wildman–Crippen MR) is 119 cm³/mol. The Morgan fingerprint density at radius 1 is 1.15 bits per heavy atom. The van der Waals surface area contributed by atoms with Crippen LogP contribution in [-0.4, -0.2) is 25.8 Å². The number of benzene rings is 1. The van der Waals surface area contributed by atoms with Gasteiger partial charge in [-0.15, -0.1) is 0 Å². The topological polar surface area (TPSA) is 80.0 Å². The van der Waals surface area contributed by atoms with Gasteiger partial charge in [0.2, 0.25) is 0 Å². The van der Waals surface area contributed by atoms with Crippen LogP contribution in [-0.2, 0) is 11.8 Å². The molecule has 0 aliphatic heterocycles. The second-order valence-electron chi connectivity index (χ2n) is 9.40. The highest BCUT2D eigenvalue weighted by Gasteiger charge is 2.33. The monoisotopic (exact) mass is 460 g/mol. The van der Waals surface area contributed by atoms with Gasteiger partial charge < -0.3 is 10.4 Å². The smallest absolute Gasteiger partial charge is 0.386 e. The fourth-order valence-corrected chi connectivity index (χ4v) is 4.30. The summed E-state index contributed by atoms with van der Waals surface area (Å²) < 4.78 is 40.9. The normalized spacial score (nSPS) is 19.6. The Hall–Kier alpha value is -2.94. The molecule has 1 aromatic carbocycles. The zero-order valence-corrected chi connectivity index (χ0v) is 18.8. The van der Waals surface area contributed by atoms with Gasteiger partial charge in [0.25, 0.3) is 5.91 Å². The SMILES string of the molecule is CC1CCC(n2cc3cc(NC(=O)c4cccc(C(F)(F)F)n4)c(C(C)(C)O)cc3n2)CC1. The molecule has 1 aliphatic rings. The molecule has 0 atom stereocenters. The Balaban J connectivity index is 1.68. The number of anilines is 1. The third kappa shape index (κ3) is 5.03. The summed E-state index contributed by atoms with van der Waals surface area (Å²) in [5.74, 6) is -0.0844. The van der Waals surface area contributed by atoms with Gasteiger partial charge in [-0.1, -0.05) is 13.0 Å². The van der Waals surface area contributed by atoms with Gasteiger partial charge in [-0.05, 0) is 69.7 Å². The number of fused-ring (bicyclic) bond motifs is 1. The lowest BCUT2D eigenvalue weighted by Gasteiger charge is -2.26. The largest absolute Gasteiger partial charge is 0.433 e. The van der Waals surface area contributed by atoms with E-state index in [1.165, 1.54) is 6.07 Å². The van der Waals surface area contributed by atoms with E-state index < -0.39 is 23.4 Å². The van der Waals surface area contributed by atoms with Crippen LogP contribution in [0.15, 0.2) is 36.5 Å². The quantitative estimate of drug-likeness (QED) is 0.525. The molecule has 3 aromatic rings. The summed E-state index contributed by atoms with van der Waals surface area (Å²) in [4.78, 5) is 16.2. The van der Waals surface area contributed by atoms with Crippen LogP contribution < -0.4 is 5.32 Å². The molecule has 1 fully saturated rings. The van der Waals surface area contributed by atoms with E-state index in [4.69, 9.17) is 5.10 Å². The number of nitrogens with one attached hydrogen (secondary N) is 1. The van der Waals surface area contributed by atoms with E-state index in [-0.39, 0.29) is 5.69 Å². The van der Waals surface area contributed by atoms with Crippen molar-refractivity contribution in [3.8, 4) is 0 Å². The molecule has 1 saturated carbocycles. The van der Waals surface area contributed by atoms with Crippen LogP contribution in [0.3, 0.4) is 0 Å². The summed E-state index contributed by atoms with van der Waals surface area (Å²) in [5.41, 5.74) is -1.42. The number of aromatic nitrogens is 3. The molecule has 176 valence electrons. The summed E-state index contributed by atoms with van der Waals surface area (Å²) in [7, 11) is 0. The van der Waals surface area contributed by atoms with Crippen molar-refractivity contribution < 1.29 is 23.1 Å². The maximum absolute atomic E-state index is 13.0. The van der Waals surface area contributed by atoms with Crippen molar-refractivity contribution in [2.24, 2.45) is 5.92 Å². The van der Waals surface area contributed by atoms with Gasteiger partial charge in [-0.3, -0.25) is 9.48 Å². The molecule has 33 heavy (non-hydrogen) atoms. The number of alkyl halides is 3. The second kappa shape index (κ2) is 8.44. The van der Waals surface area contributed by atoms with Crippen LogP contribution in [0.25, 0.3) is 10.9 Å². The number of halogens is 3. The van der Waals surface area contributed by atoms with Crippen molar-refractivity contribution in [1.29, 1.82) is 0 Å². The first-order valence-electron chi connectivity index (χ1n) is 11.0. The molecule has 0 saturated heterocycles. The Morgan fingerprint density at radius 3 is 2.48 bits per heavy atom. The molecule has 0 spiro atoms. The minimum atomic E-state index is -4.65. The third-order valence-corrected chi connectivity index (χ3v) is 6.20. The third-order valence-electron chi connectivity index (χ3n) is 6.20. The van der Waals surface area contributed by atoms with Crippen molar-refractivity contribution in [2.75, 3.05) is 5.32 Å². The molecule has 2 heterocycles. The second-order valence-corrected chi connectivity index (χ2v) is 9.40. The lowest BCUT2D eigenvalue weighted by Crippen LogP contribution is -2.22. The number of hydrogen-bond donors (Lipinski definition) is 2. The van der Waals surface area contributed by atoms with E-state index in [1.807, 2.05) is 10.9 Å². The van der Waals surface area contributed by atoms with Gasteiger partial charge in [-0.25, -0.2) is 4.98 Å². The van der Waals surface area contributed by atoms with Gasteiger partial charge in [0.1, 0.15) is 11.4 Å². The number of hydrogen-bond acceptors (Lipinski definition) is 4. The van der Waals surface area contributed by atoms with Crippen molar-refractivity contribution >= 4 is 22.5 Å². The lowest BCUT2D eigenvalue weighted by molar-refractivity contribution is -0.141. The van der Waals surface area contributed by atoms with Crippen molar-refractivity contribution in [2.45, 2.75) is 64.3 Å². The van der Waals surface area contributed by atoms with Gasteiger partial charge in [0.15, 0.2) is 0 Å². The first kappa shape index (κ1) is 23.2. The van der Waals surface area contributed by atoms with Gasteiger partial charge in [0.05, 0.1) is 17.2 Å². The van der Waals surface area contributed by atoms with Gasteiger partial charge >= 0.3 is 6.18 Å². The highest BCUT2D eigenvalue weighted by Crippen LogP contribution is 2.35. The Bertz CT molecular complexity index is 1170. The molecular weight excluding hydrogens is 433 g/mol. The molecule has 4 rings (SSSR count). The van der Waals surface area contributed by atoms with E-state index in [2.05, 4.69) is 17.2 Å². The Labute approximate surface area is 189 Å². The number of aliphatic hydroxyl groups is 1. The average molecular weight is 461 g/mol. The van der Waals surface area contributed by atoms with Crippen LogP contribution in [0.1, 0.15) is 74.2 Å². The van der Waals surface area contributed by atoms with Crippen LogP contribution >= 0.6 is 0 Å². The van der Waals surface area contributed by atoms with Gasteiger partial charge in [-0.2, -0.15) is 18.3 Å². The zero-order valence-electron chi connectivity index (χ0n) is 18.8. The fraction of sp³-hybridized carbons (Fsp3) is 0.458. The van der Waals surface area contributed by atoms with Gasteiger partial charge in [0, 0.05) is 22.8 Å². The average Bonchev–Trinajstić information content (AvgIpc) is 3.15. The van der Waals surface area contributed by atoms with Crippen LogP contribution in [0.2, 0.25) is 0 Å². The van der Waals surface area contributed by atoms with E-state index in [9.17, 15) is 23.1 Å². The Morgan fingerprint density at radius 2 is 1.85 bits per heavy atom. The number of rotatable bonds is 4. The van der Waals surface area contributed by atoms with Crippen LogP contribution in [0.5, 0.6) is 0 Å². The molecule has 0 radical (unpaired) electrons. The summed E-state index contributed by atoms with van der Waals surface area (Å²) in [6, 6.07) is 6.88. The number of nitrogens with zero attached hydrogens (tertiary/aromatic N) is 3. The number of carbonyl (C=O) groups is 1. The lowest BCUT2D eigenvalue weighted by atomic mass is 9.87. The first-order chi connectivity index (χ1) is 15.4. The highest BCUT2D eigenvalue weighted by molar-refractivity contribution is 6.04. The van der Waals surface area contributed by atoms with E-state index in [1.54, 1.807) is 26.0 Å². The standard InChI is InChI=1S/C24H27F3N4O2/c1-14-7-9-16(10-8-14)31-13-15-11-20(17(23(2,3)33)12-19(15)30-31)29-22(32)18-5-4-6-21(28-18)24(25,26)27/h4-6,11-14,16,33H,7-10H2,1-3H3,(H,29,32). The number of amides is 1. The molecule has 1 amide bonds. The molecule has 2 N–H and O–H groups in total. The number of pyridine rings is 1. The molecule has 6 nitrogen and oxygen atoms in total. The molecule has 9 heteroatoms. The van der Waals surface area contributed by atoms with E-state index >= 15 is 0 Å². The molecule has 1 aliphatic carbocycles. The molecular formula is C24H27F3N4O2. The summed E-state index contributed by atoms with van der Waals surface area (Å²) >= 11 is 0. The maximum atomic E-state index is 13.0. The molecule has 0 unspecified atom stereocenters. The summed E-state index contributed by atoms with van der Waals surface area (Å²) in [6.45, 7) is 5.40. The van der Waals surface area contributed by atoms with Crippen molar-refractivity contribution in [3.63, 3.8) is 0 Å². The maximum Gasteiger partial charge on any atom is 0.433 e.